The summed E-state index contributed by atoms with van der Waals surface area (Å²) in [4.78, 5) is 28.0. The maximum absolute atomic E-state index is 13.5. The van der Waals surface area contributed by atoms with Crippen LogP contribution in [0.4, 0.5) is 9.18 Å². The van der Waals surface area contributed by atoms with Crippen LogP contribution in [0.2, 0.25) is 0 Å². The molecule has 2 saturated heterocycles. The summed E-state index contributed by atoms with van der Waals surface area (Å²) in [5.41, 5.74) is 1.86. The molecule has 2 aliphatic heterocycles. The molecule has 2 amide bonds. The lowest BCUT2D eigenvalue weighted by molar-refractivity contribution is 0.0584. The van der Waals surface area contributed by atoms with Crippen LogP contribution >= 0.6 is 0 Å². The number of amides is 2. The maximum Gasteiger partial charge on any atom is 0.410 e. The molecular weight excluding hydrogens is 413 g/mol. The van der Waals surface area contributed by atoms with Crippen LogP contribution in [0.5, 0.6) is 5.75 Å². The number of halogens is 1. The molecule has 2 aliphatic rings. The van der Waals surface area contributed by atoms with Crippen molar-refractivity contribution in [2.45, 2.75) is 38.5 Å². The van der Waals surface area contributed by atoms with Crippen molar-refractivity contribution in [3.63, 3.8) is 0 Å². The first-order valence-corrected chi connectivity index (χ1v) is 11.1. The standard InChI is InChI=1S/C24H28FN3O4/c1-2-19-15-26-11-13-27(19)23(29)17-7-10-21(32-22-4-3-12-28(22)24(30)31)20(14-17)16-5-8-18(25)9-6-16/h5-10,14,19,22,26H,2-4,11-13,15H2,1H3,(H,30,31)/t19-,22?/m0/s1. The number of nitrogens with zero attached hydrogens (tertiary/aromatic N) is 2. The van der Waals surface area contributed by atoms with Crippen LogP contribution in [0.1, 0.15) is 36.5 Å². The van der Waals surface area contributed by atoms with E-state index in [1.54, 1.807) is 30.3 Å². The summed E-state index contributed by atoms with van der Waals surface area (Å²) in [5, 5.41) is 12.8. The van der Waals surface area contributed by atoms with E-state index in [1.807, 2.05) is 4.90 Å². The summed E-state index contributed by atoms with van der Waals surface area (Å²) in [6.07, 6.45) is 0.561. The van der Waals surface area contributed by atoms with Crippen LogP contribution in [0, 0.1) is 5.82 Å². The van der Waals surface area contributed by atoms with Crippen molar-refractivity contribution >= 4 is 12.0 Å². The summed E-state index contributed by atoms with van der Waals surface area (Å²) in [6, 6.07) is 11.3. The average Bonchev–Trinajstić information content (AvgIpc) is 3.28. The number of likely N-dealkylation sites (tertiary alicyclic amines) is 1. The van der Waals surface area contributed by atoms with Gasteiger partial charge in [-0.3, -0.25) is 9.69 Å². The SMILES string of the molecule is CC[C@H]1CNCCN1C(=O)c1ccc(OC2CCCN2C(=O)O)c(-c2ccc(F)cc2)c1. The largest absolute Gasteiger partial charge is 0.470 e. The van der Waals surface area contributed by atoms with E-state index in [2.05, 4.69) is 12.2 Å². The van der Waals surface area contributed by atoms with Crippen molar-refractivity contribution in [1.29, 1.82) is 0 Å². The maximum atomic E-state index is 13.5. The Kier molecular flexibility index (Phi) is 6.60. The Morgan fingerprint density at radius 3 is 2.66 bits per heavy atom. The number of benzene rings is 2. The normalized spacial score (nSPS) is 20.9. The van der Waals surface area contributed by atoms with E-state index in [9.17, 15) is 19.1 Å². The van der Waals surface area contributed by atoms with Gasteiger partial charge in [-0.2, -0.15) is 0 Å². The fraction of sp³-hybridized carbons (Fsp3) is 0.417. The summed E-state index contributed by atoms with van der Waals surface area (Å²) in [5.74, 6) is 0.0582. The third-order valence-electron chi connectivity index (χ3n) is 6.17. The number of carboxylic acid groups (broad SMARTS) is 1. The molecule has 2 N–H and O–H groups in total. The zero-order chi connectivity index (χ0) is 22.7. The highest BCUT2D eigenvalue weighted by Gasteiger charge is 2.31. The summed E-state index contributed by atoms with van der Waals surface area (Å²) in [6.45, 7) is 4.64. The number of carbonyl (C=O) groups is 2. The van der Waals surface area contributed by atoms with Gasteiger partial charge in [-0.05, 0) is 48.7 Å². The van der Waals surface area contributed by atoms with Crippen molar-refractivity contribution in [3.05, 3.63) is 53.8 Å². The molecule has 0 aromatic heterocycles. The van der Waals surface area contributed by atoms with E-state index < -0.39 is 12.3 Å². The fourth-order valence-electron chi connectivity index (χ4n) is 4.40. The van der Waals surface area contributed by atoms with Gasteiger partial charge >= 0.3 is 6.09 Å². The third kappa shape index (κ3) is 4.55. The number of nitrogens with one attached hydrogen (secondary N) is 1. The Morgan fingerprint density at radius 2 is 1.94 bits per heavy atom. The lowest BCUT2D eigenvalue weighted by Crippen LogP contribution is -2.53. The van der Waals surface area contributed by atoms with Crippen LogP contribution in [0.25, 0.3) is 11.1 Å². The quantitative estimate of drug-likeness (QED) is 0.738. The van der Waals surface area contributed by atoms with Gasteiger partial charge < -0.3 is 20.1 Å². The zero-order valence-electron chi connectivity index (χ0n) is 18.1. The number of hydrogen-bond acceptors (Lipinski definition) is 4. The summed E-state index contributed by atoms with van der Waals surface area (Å²) < 4.78 is 19.6. The van der Waals surface area contributed by atoms with Gasteiger partial charge in [0.15, 0.2) is 6.23 Å². The molecule has 0 bridgehead atoms. The molecule has 7 nitrogen and oxygen atoms in total. The van der Waals surface area contributed by atoms with Crippen LogP contribution in [0.15, 0.2) is 42.5 Å². The first-order chi connectivity index (χ1) is 15.5. The van der Waals surface area contributed by atoms with Gasteiger partial charge in [0.05, 0.1) is 0 Å². The Bertz CT molecular complexity index is 982. The van der Waals surface area contributed by atoms with Crippen molar-refractivity contribution in [2.75, 3.05) is 26.2 Å². The minimum atomic E-state index is -1.02. The Labute approximate surface area is 186 Å². The van der Waals surface area contributed by atoms with Gasteiger partial charge in [0.25, 0.3) is 5.91 Å². The van der Waals surface area contributed by atoms with E-state index in [0.717, 1.165) is 25.9 Å². The van der Waals surface area contributed by atoms with E-state index in [1.165, 1.54) is 17.0 Å². The molecule has 0 radical (unpaired) electrons. The molecule has 8 heteroatoms. The lowest BCUT2D eigenvalue weighted by Gasteiger charge is -2.36. The van der Waals surface area contributed by atoms with Gasteiger partial charge in [-0.25, -0.2) is 9.18 Å². The fourth-order valence-corrected chi connectivity index (χ4v) is 4.40. The number of rotatable bonds is 5. The first-order valence-electron chi connectivity index (χ1n) is 11.1. The van der Waals surface area contributed by atoms with E-state index in [-0.39, 0.29) is 17.8 Å². The van der Waals surface area contributed by atoms with Gasteiger partial charge in [-0.1, -0.05) is 19.1 Å². The molecule has 2 fully saturated rings. The highest BCUT2D eigenvalue weighted by atomic mass is 19.1. The molecule has 2 atom stereocenters. The Morgan fingerprint density at radius 1 is 1.16 bits per heavy atom. The van der Waals surface area contributed by atoms with Crippen molar-refractivity contribution in [3.8, 4) is 16.9 Å². The number of carbonyl (C=O) groups excluding carboxylic acids is 1. The zero-order valence-corrected chi connectivity index (χ0v) is 18.1. The second kappa shape index (κ2) is 9.56. The Balaban J connectivity index is 1.68. The van der Waals surface area contributed by atoms with Crippen LogP contribution in [0.3, 0.4) is 0 Å². The molecule has 2 aromatic rings. The summed E-state index contributed by atoms with van der Waals surface area (Å²) >= 11 is 0. The van der Waals surface area contributed by atoms with Crippen molar-refractivity contribution in [1.82, 2.24) is 15.1 Å². The van der Waals surface area contributed by atoms with Crippen LogP contribution in [-0.2, 0) is 0 Å². The number of ether oxygens (including phenoxy) is 1. The average molecular weight is 442 g/mol. The van der Waals surface area contributed by atoms with Gasteiger partial charge in [0.2, 0.25) is 0 Å². The lowest BCUT2D eigenvalue weighted by atomic mass is 10.00. The van der Waals surface area contributed by atoms with Gasteiger partial charge in [0, 0.05) is 49.8 Å². The molecule has 0 aliphatic carbocycles. The van der Waals surface area contributed by atoms with Crippen molar-refractivity contribution < 1.29 is 23.8 Å². The number of hydrogen-bond donors (Lipinski definition) is 2. The smallest absolute Gasteiger partial charge is 0.410 e. The van der Waals surface area contributed by atoms with Crippen LogP contribution in [-0.4, -0.2) is 65.4 Å². The van der Waals surface area contributed by atoms with Crippen LogP contribution < -0.4 is 10.1 Å². The molecule has 0 spiro atoms. The van der Waals surface area contributed by atoms with E-state index >= 15 is 0 Å². The molecule has 1 unspecified atom stereocenters. The predicted octanol–water partition coefficient (Wildman–Crippen LogP) is 3.80. The molecule has 32 heavy (non-hydrogen) atoms. The highest BCUT2D eigenvalue weighted by molar-refractivity contribution is 5.96. The highest BCUT2D eigenvalue weighted by Crippen LogP contribution is 2.34. The Hall–Kier alpha value is -3.13. The van der Waals surface area contributed by atoms with E-state index in [0.29, 0.717) is 42.0 Å². The molecular formula is C24H28FN3O4. The summed E-state index contributed by atoms with van der Waals surface area (Å²) in [7, 11) is 0. The third-order valence-corrected chi connectivity index (χ3v) is 6.17. The van der Waals surface area contributed by atoms with Gasteiger partial charge in [-0.15, -0.1) is 0 Å². The van der Waals surface area contributed by atoms with Gasteiger partial charge in [0.1, 0.15) is 11.6 Å². The minimum absolute atomic E-state index is 0.0544. The minimum Gasteiger partial charge on any atom is -0.470 e. The van der Waals surface area contributed by atoms with E-state index in [4.69, 9.17) is 4.74 Å². The topological polar surface area (TPSA) is 82.1 Å². The number of piperazine rings is 1. The first kappa shape index (κ1) is 22.1. The molecule has 4 rings (SSSR count). The molecule has 170 valence electrons. The second-order valence-corrected chi connectivity index (χ2v) is 8.17. The molecule has 2 aromatic carbocycles. The monoisotopic (exact) mass is 441 g/mol. The predicted molar refractivity (Wildman–Crippen MR) is 118 cm³/mol. The second-order valence-electron chi connectivity index (χ2n) is 8.17. The molecule has 0 saturated carbocycles. The molecule has 2 heterocycles. The van der Waals surface area contributed by atoms with Crippen molar-refractivity contribution in [2.24, 2.45) is 0 Å².